The minimum Gasteiger partial charge on any atom is -0.381 e. The van der Waals surface area contributed by atoms with E-state index in [0.29, 0.717) is 18.2 Å². The molecule has 0 atom stereocenters. The van der Waals surface area contributed by atoms with Crippen LogP contribution in [-0.2, 0) is 13.0 Å². The molecule has 0 bridgehead atoms. The van der Waals surface area contributed by atoms with E-state index in [1.165, 1.54) is 24.0 Å². The molecular weight excluding hydrogens is 274 g/mol. The SMILES string of the molecule is O=C(c1cncc(NC2CC2)c1)N1CCc2ccccc2C1. The minimum absolute atomic E-state index is 0.0708. The summed E-state index contributed by atoms with van der Waals surface area (Å²) in [7, 11) is 0. The molecule has 1 aromatic carbocycles. The molecule has 2 aromatic rings. The van der Waals surface area contributed by atoms with Crippen LogP contribution in [0.25, 0.3) is 0 Å². The van der Waals surface area contributed by atoms with Crippen molar-refractivity contribution in [2.24, 2.45) is 0 Å². The van der Waals surface area contributed by atoms with E-state index in [1.807, 2.05) is 17.0 Å². The van der Waals surface area contributed by atoms with Gasteiger partial charge in [-0.1, -0.05) is 24.3 Å². The van der Waals surface area contributed by atoms with Crippen LogP contribution in [-0.4, -0.2) is 28.4 Å². The van der Waals surface area contributed by atoms with Crippen molar-refractivity contribution in [3.8, 4) is 0 Å². The number of fused-ring (bicyclic) bond motifs is 1. The third kappa shape index (κ3) is 2.69. The van der Waals surface area contributed by atoms with Crippen LogP contribution in [0, 0.1) is 0 Å². The molecule has 4 nitrogen and oxygen atoms in total. The van der Waals surface area contributed by atoms with Crippen LogP contribution in [0.5, 0.6) is 0 Å². The molecule has 0 radical (unpaired) electrons. The number of carbonyl (C=O) groups excluding carboxylic acids is 1. The van der Waals surface area contributed by atoms with Crippen molar-refractivity contribution in [2.45, 2.75) is 31.8 Å². The zero-order valence-electron chi connectivity index (χ0n) is 12.5. The summed E-state index contributed by atoms with van der Waals surface area (Å²) < 4.78 is 0. The van der Waals surface area contributed by atoms with Crippen molar-refractivity contribution in [2.75, 3.05) is 11.9 Å². The molecule has 1 aliphatic carbocycles. The van der Waals surface area contributed by atoms with Gasteiger partial charge in [0.1, 0.15) is 0 Å². The number of benzene rings is 1. The van der Waals surface area contributed by atoms with Gasteiger partial charge in [0.05, 0.1) is 11.3 Å². The average Bonchev–Trinajstić information content (AvgIpc) is 3.38. The summed E-state index contributed by atoms with van der Waals surface area (Å²) in [5.41, 5.74) is 4.23. The second-order valence-corrected chi connectivity index (χ2v) is 6.13. The fourth-order valence-corrected chi connectivity index (χ4v) is 2.95. The lowest BCUT2D eigenvalue weighted by Crippen LogP contribution is -2.36. The Morgan fingerprint density at radius 2 is 2.00 bits per heavy atom. The normalized spacial score (nSPS) is 17.0. The standard InChI is InChI=1S/C18H19N3O/c22-18(15-9-17(11-19-10-15)20-16-5-6-16)21-8-7-13-3-1-2-4-14(13)12-21/h1-4,9-11,16,20H,5-8,12H2. The van der Waals surface area contributed by atoms with E-state index in [2.05, 4.69) is 28.5 Å². The molecule has 1 N–H and O–H groups in total. The van der Waals surface area contributed by atoms with Crippen LogP contribution < -0.4 is 5.32 Å². The Bertz CT molecular complexity index is 709. The first-order chi connectivity index (χ1) is 10.8. The molecule has 1 amide bonds. The molecule has 22 heavy (non-hydrogen) atoms. The molecular formula is C18H19N3O. The first-order valence-electron chi connectivity index (χ1n) is 7.87. The first kappa shape index (κ1) is 13.3. The predicted molar refractivity (Wildman–Crippen MR) is 85.8 cm³/mol. The second-order valence-electron chi connectivity index (χ2n) is 6.13. The maximum atomic E-state index is 12.7. The van der Waals surface area contributed by atoms with Gasteiger partial charge in [0.2, 0.25) is 0 Å². The highest BCUT2D eigenvalue weighted by Crippen LogP contribution is 2.25. The Hall–Kier alpha value is -2.36. The first-order valence-corrected chi connectivity index (χ1v) is 7.87. The summed E-state index contributed by atoms with van der Waals surface area (Å²) in [4.78, 5) is 18.9. The Kier molecular flexibility index (Phi) is 3.29. The maximum Gasteiger partial charge on any atom is 0.255 e. The van der Waals surface area contributed by atoms with E-state index in [0.717, 1.165) is 18.7 Å². The van der Waals surface area contributed by atoms with Gasteiger partial charge in [-0.2, -0.15) is 0 Å². The molecule has 0 saturated heterocycles. The van der Waals surface area contributed by atoms with Crippen LogP contribution in [0.1, 0.15) is 34.3 Å². The van der Waals surface area contributed by atoms with E-state index in [-0.39, 0.29) is 5.91 Å². The smallest absolute Gasteiger partial charge is 0.255 e. The summed E-state index contributed by atoms with van der Waals surface area (Å²) >= 11 is 0. The molecule has 2 aliphatic rings. The molecule has 1 aromatic heterocycles. The lowest BCUT2D eigenvalue weighted by atomic mass is 9.99. The minimum atomic E-state index is 0.0708. The van der Waals surface area contributed by atoms with Crippen LogP contribution >= 0.6 is 0 Å². The van der Waals surface area contributed by atoms with Gasteiger partial charge in [-0.15, -0.1) is 0 Å². The van der Waals surface area contributed by atoms with E-state index in [4.69, 9.17) is 0 Å². The van der Waals surface area contributed by atoms with Gasteiger partial charge < -0.3 is 10.2 Å². The molecule has 1 saturated carbocycles. The van der Waals surface area contributed by atoms with Gasteiger partial charge in [0.25, 0.3) is 5.91 Å². The molecule has 4 heteroatoms. The van der Waals surface area contributed by atoms with Gasteiger partial charge in [-0.25, -0.2) is 0 Å². The number of carbonyl (C=O) groups is 1. The highest BCUT2D eigenvalue weighted by Gasteiger charge is 2.23. The third-order valence-electron chi connectivity index (χ3n) is 4.35. The van der Waals surface area contributed by atoms with Gasteiger partial charge >= 0.3 is 0 Å². The largest absolute Gasteiger partial charge is 0.381 e. The maximum absolute atomic E-state index is 12.7. The van der Waals surface area contributed by atoms with E-state index in [9.17, 15) is 4.79 Å². The monoisotopic (exact) mass is 293 g/mol. The lowest BCUT2D eigenvalue weighted by Gasteiger charge is -2.29. The van der Waals surface area contributed by atoms with Gasteiger partial charge in [-0.05, 0) is 36.5 Å². The fraction of sp³-hybridized carbons (Fsp3) is 0.333. The number of amides is 1. The van der Waals surface area contributed by atoms with E-state index >= 15 is 0 Å². The number of rotatable bonds is 3. The third-order valence-corrected chi connectivity index (χ3v) is 4.35. The van der Waals surface area contributed by atoms with Crippen molar-refractivity contribution >= 4 is 11.6 Å². The predicted octanol–water partition coefficient (Wildman–Crippen LogP) is 2.85. The number of aromatic nitrogens is 1. The summed E-state index contributed by atoms with van der Waals surface area (Å²) in [6.45, 7) is 1.46. The summed E-state index contributed by atoms with van der Waals surface area (Å²) in [6.07, 6.45) is 6.80. The van der Waals surface area contributed by atoms with Crippen LogP contribution in [0.4, 0.5) is 5.69 Å². The Balaban J connectivity index is 1.52. The number of pyridine rings is 1. The molecule has 1 aliphatic heterocycles. The zero-order valence-corrected chi connectivity index (χ0v) is 12.5. The molecule has 2 heterocycles. The Labute approximate surface area is 130 Å². The summed E-state index contributed by atoms with van der Waals surface area (Å²) in [5, 5.41) is 3.40. The van der Waals surface area contributed by atoms with Crippen LogP contribution in [0.2, 0.25) is 0 Å². The molecule has 0 unspecified atom stereocenters. The Morgan fingerprint density at radius 3 is 2.82 bits per heavy atom. The van der Waals surface area contributed by atoms with Crippen LogP contribution in [0.15, 0.2) is 42.7 Å². The van der Waals surface area contributed by atoms with Crippen molar-refractivity contribution < 1.29 is 4.79 Å². The molecule has 1 fully saturated rings. The highest BCUT2D eigenvalue weighted by molar-refractivity contribution is 5.94. The van der Waals surface area contributed by atoms with Crippen molar-refractivity contribution in [3.63, 3.8) is 0 Å². The summed E-state index contributed by atoms with van der Waals surface area (Å²) in [6, 6.07) is 10.8. The van der Waals surface area contributed by atoms with Gasteiger partial charge in [-0.3, -0.25) is 9.78 Å². The average molecular weight is 293 g/mol. The molecule has 4 rings (SSSR count). The van der Waals surface area contributed by atoms with E-state index < -0.39 is 0 Å². The molecule has 0 spiro atoms. The molecule has 112 valence electrons. The number of nitrogens with one attached hydrogen (secondary N) is 1. The number of hydrogen-bond donors (Lipinski definition) is 1. The van der Waals surface area contributed by atoms with Crippen molar-refractivity contribution in [1.82, 2.24) is 9.88 Å². The lowest BCUT2D eigenvalue weighted by molar-refractivity contribution is 0.0734. The van der Waals surface area contributed by atoms with Gasteiger partial charge in [0.15, 0.2) is 0 Å². The van der Waals surface area contributed by atoms with Crippen LogP contribution in [0.3, 0.4) is 0 Å². The highest BCUT2D eigenvalue weighted by atomic mass is 16.2. The Morgan fingerprint density at radius 1 is 1.18 bits per heavy atom. The van der Waals surface area contributed by atoms with E-state index in [1.54, 1.807) is 12.4 Å². The van der Waals surface area contributed by atoms with Gasteiger partial charge in [0, 0.05) is 31.5 Å². The number of nitrogens with zero attached hydrogens (tertiary/aromatic N) is 2. The number of hydrogen-bond acceptors (Lipinski definition) is 3. The number of anilines is 1. The zero-order chi connectivity index (χ0) is 14.9. The summed E-state index contributed by atoms with van der Waals surface area (Å²) in [5.74, 6) is 0.0708. The fourth-order valence-electron chi connectivity index (χ4n) is 2.95. The quantitative estimate of drug-likeness (QED) is 0.946. The van der Waals surface area contributed by atoms with Crippen molar-refractivity contribution in [3.05, 3.63) is 59.4 Å². The second kappa shape index (κ2) is 5.44. The topological polar surface area (TPSA) is 45.2 Å². The van der Waals surface area contributed by atoms with Crippen molar-refractivity contribution in [1.29, 1.82) is 0 Å².